The molecule has 0 atom stereocenters. The first-order valence-corrected chi connectivity index (χ1v) is 7.77. The molecule has 9 heteroatoms. The van der Waals surface area contributed by atoms with Gasteiger partial charge in [0.15, 0.2) is 5.11 Å². The molecule has 1 amide bonds. The predicted molar refractivity (Wildman–Crippen MR) is 96.5 cm³/mol. The summed E-state index contributed by atoms with van der Waals surface area (Å²) in [6.07, 6.45) is 1.46. The SMILES string of the molecule is O=C1NC(=S)N/C1=C/c1ccc(Oc2ccccc2Cl)c([N+](=O)[O-])c1. The molecular weight excluding hydrogens is 366 g/mol. The average Bonchev–Trinajstić information content (AvgIpc) is 2.88. The Bertz CT molecular complexity index is 929. The minimum absolute atomic E-state index is 0.0413. The summed E-state index contributed by atoms with van der Waals surface area (Å²) in [7, 11) is 0. The van der Waals surface area contributed by atoms with Gasteiger partial charge in [0, 0.05) is 6.07 Å². The topological polar surface area (TPSA) is 93.5 Å². The fourth-order valence-electron chi connectivity index (χ4n) is 2.15. The lowest BCUT2D eigenvalue weighted by Gasteiger charge is -2.08. The molecule has 0 aliphatic carbocycles. The van der Waals surface area contributed by atoms with Crippen molar-refractivity contribution < 1.29 is 14.5 Å². The Labute approximate surface area is 152 Å². The lowest BCUT2D eigenvalue weighted by Crippen LogP contribution is -2.21. The average molecular weight is 376 g/mol. The molecule has 1 aliphatic rings. The van der Waals surface area contributed by atoms with Crippen molar-refractivity contribution in [2.75, 3.05) is 0 Å². The summed E-state index contributed by atoms with van der Waals surface area (Å²) in [4.78, 5) is 22.4. The van der Waals surface area contributed by atoms with Gasteiger partial charge >= 0.3 is 5.69 Å². The molecule has 7 nitrogen and oxygen atoms in total. The zero-order valence-electron chi connectivity index (χ0n) is 12.5. The Morgan fingerprint density at radius 1 is 1.16 bits per heavy atom. The normalized spacial score (nSPS) is 15.0. The number of hydrogen-bond acceptors (Lipinski definition) is 5. The summed E-state index contributed by atoms with van der Waals surface area (Å²) < 4.78 is 5.55. The zero-order chi connectivity index (χ0) is 18.0. The van der Waals surface area contributed by atoms with E-state index >= 15 is 0 Å². The second-order valence-corrected chi connectivity index (χ2v) is 5.80. The first-order chi connectivity index (χ1) is 11.9. The van der Waals surface area contributed by atoms with Gasteiger partial charge in [-0.2, -0.15) is 0 Å². The molecule has 2 N–H and O–H groups in total. The number of carbonyl (C=O) groups excluding carboxylic acids is 1. The lowest BCUT2D eigenvalue weighted by atomic mass is 10.1. The van der Waals surface area contributed by atoms with Crippen molar-refractivity contribution in [3.63, 3.8) is 0 Å². The fourth-order valence-corrected chi connectivity index (χ4v) is 2.53. The molecule has 2 aromatic carbocycles. The molecule has 0 unspecified atom stereocenters. The molecule has 0 bridgehead atoms. The summed E-state index contributed by atoms with van der Waals surface area (Å²) in [6, 6.07) is 11.0. The number of para-hydroxylation sites is 1. The largest absolute Gasteiger partial charge is 0.449 e. The highest BCUT2D eigenvalue weighted by atomic mass is 35.5. The van der Waals surface area contributed by atoms with E-state index in [1.807, 2.05) is 0 Å². The second-order valence-electron chi connectivity index (χ2n) is 4.98. The maximum Gasteiger partial charge on any atom is 0.312 e. The van der Waals surface area contributed by atoms with Crippen molar-refractivity contribution in [3.8, 4) is 11.5 Å². The number of nitro benzene ring substituents is 1. The van der Waals surface area contributed by atoms with E-state index in [2.05, 4.69) is 10.6 Å². The summed E-state index contributed by atoms with van der Waals surface area (Å²) in [6.45, 7) is 0. The van der Waals surface area contributed by atoms with Crippen molar-refractivity contribution in [2.45, 2.75) is 0 Å². The van der Waals surface area contributed by atoms with Crippen LogP contribution in [-0.4, -0.2) is 15.9 Å². The highest BCUT2D eigenvalue weighted by molar-refractivity contribution is 7.80. The number of nitro groups is 1. The van der Waals surface area contributed by atoms with Crippen LogP contribution < -0.4 is 15.4 Å². The van der Waals surface area contributed by atoms with E-state index in [1.165, 1.54) is 18.2 Å². The monoisotopic (exact) mass is 375 g/mol. The van der Waals surface area contributed by atoms with Crippen LogP contribution in [-0.2, 0) is 4.79 Å². The molecule has 0 spiro atoms. The molecular formula is C16H10ClN3O4S. The summed E-state index contributed by atoms with van der Waals surface area (Å²) >= 11 is 10.8. The molecule has 3 rings (SSSR count). The lowest BCUT2D eigenvalue weighted by molar-refractivity contribution is -0.385. The number of carbonyl (C=O) groups is 1. The van der Waals surface area contributed by atoms with Gasteiger partial charge in [-0.15, -0.1) is 0 Å². The van der Waals surface area contributed by atoms with Gasteiger partial charge < -0.3 is 10.1 Å². The van der Waals surface area contributed by atoms with Crippen molar-refractivity contribution in [1.29, 1.82) is 0 Å². The van der Waals surface area contributed by atoms with E-state index in [-0.39, 0.29) is 22.2 Å². The van der Waals surface area contributed by atoms with Crippen LogP contribution in [0.25, 0.3) is 6.08 Å². The number of amides is 1. The number of nitrogens with one attached hydrogen (secondary N) is 2. The Hall–Kier alpha value is -2.97. The van der Waals surface area contributed by atoms with E-state index in [1.54, 1.807) is 30.3 Å². The highest BCUT2D eigenvalue weighted by Crippen LogP contribution is 2.35. The minimum atomic E-state index is -0.568. The number of hydrogen-bond donors (Lipinski definition) is 2. The van der Waals surface area contributed by atoms with Crippen molar-refractivity contribution in [2.24, 2.45) is 0 Å². The first-order valence-electron chi connectivity index (χ1n) is 6.99. The van der Waals surface area contributed by atoms with E-state index in [0.29, 0.717) is 16.3 Å². The molecule has 0 radical (unpaired) electrons. The first kappa shape index (κ1) is 16.9. The van der Waals surface area contributed by atoms with Gasteiger partial charge in [-0.3, -0.25) is 20.2 Å². The summed E-state index contributed by atoms with van der Waals surface area (Å²) in [5.74, 6) is -0.0517. The molecule has 1 saturated heterocycles. The third kappa shape index (κ3) is 3.76. The summed E-state index contributed by atoms with van der Waals surface area (Å²) in [5, 5.41) is 17.0. The number of thiocarbonyl (C=S) groups is 1. The maximum absolute atomic E-state index is 11.7. The third-order valence-corrected chi connectivity index (χ3v) is 3.78. The third-order valence-electron chi connectivity index (χ3n) is 3.27. The number of ether oxygens (including phenoxy) is 1. The molecule has 2 aromatic rings. The minimum Gasteiger partial charge on any atom is -0.449 e. The molecule has 126 valence electrons. The van der Waals surface area contributed by atoms with Crippen LogP contribution in [0.3, 0.4) is 0 Å². The quantitative estimate of drug-likeness (QED) is 0.368. The van der Waals surface area contributed by atoms with Crippen LogP contribution in [0.2, 0.25) is 5.02 Å². The Morgan fingerprint density at radius 3 is 2.56 bits per heavy atom. The van der Waals surface area contributed by atoms with E-state index in [0.717, 1.165) is 0 Å². The Morgan fingerprint density at radius 2 is 1.92 bits per heavy atom. The molecule has 25 heavy (non-hydrogen) atoms. The van der Waals surface area contributed by atoms with Crippen LogP contribution in [0.1, 0.15) is 5.56 Å². The molecule has 1 heterocycles. The number of benzene rings is 2. The van der Waals surface area contributed by atoms with E-state index < -0.39 is 10.8 Å². The molecule has 0 aromatic heterocycles. The van der Waals surface area contributed by atoms with Crippen molar-refractivity contribution >= 4 is 46.6 Å². The smallest absolute Gasteiger partial charge is 0.312 e. The second kappa shape index (κ2) is 6.88. The predicted octanol–water partition coefficient (Wildman–Crippen LogP) is 3.39. The van der Waals surface area contributed by atoms with Crippen LogP contribution in [0, 0.1) is 10.1 Å². The van der Waals surface area contributed by atoms with Crippen LogP contribution >= 0.6 is 23.8 Å². The van der Waals surface area contributed by atoms with Crippen molar-refractivity contribution in [3.05, 3.63) is 68.9 Å². The van der Waals surface area contributed by atoms with Gasteiger partial charge in [-0.1, -0.05) is 29.8 Å². The van der Waals surface area contributed by atoms with Crippen molar-refractivity contribution in [1.82, 2.24) is 10.6 Å². The Kier molecular flexibility index (Phi) is 4.64. The fraction of sp³-hybridized carbons (Fsp3) is 0. The molecule has 1 aliphatic heterocycles. The van der Waals surface area contributed by atoms with Crippen LogP contribution in [0.15, 0.2) is 48.2 Å². The van der Waals surface area contributed by atoms with Crippen LogP contribution in [0.5, 0.6) is 11.5 Å². The molecule has 0 saturated carbocycles. The zero-order valence-corrected chi connectivity index (χ0v) is 14.1. The van der Waals surface area contributed by atoms with Gasteiger partial charge in [-0.05, 0) is 42.1 Å². The van der Waals surface area contributed by atoms with E-state index in [4.69, 9.17) is 28.6 Å². The summed E-state index contributed by atoms with van der Waals surface area (Å²) in [5.41, 5.74) is 0.398. The highest BCUT2D eigenvalue weighted by Gasteiger charge is 2.22. The molecule has 1 fully saturated rings. The number of nitrogens with zero attached hydrogens (tertiary/aromatic N) is 1. The van der Waals surface area contributed by atoms with Gasteiger partial charge in [0.2, 0.25) is 5.75 Å². The number of rotatable bonds is 4. The number of halogens is 1. The Balaban J connectivity index is 1.95. The standard InChI is InChI=1S/C16H10ClN3O4S/c17-10-3-1-2-4-13(10)24-14-6-5-9(8-12(14)20(22)23)7-11-15(21)19-16(25)18-11/h1-8H,(H2,18,19,21,25)/b11-7+. The van der Waals surface area contributed by atoms with Gasteiger partial charge in [0.1, 0.15) is 11.4 Å². The van der Waals surface area contributed by atoms with Crippen LogP contribution in [0.4, 0.5) is 5.69 Å². The van der Waals surface area contributed by atoms with Gasteiger partial charge in [-0.25, -0.2) is 0 Å². The van der Waals surface area contributed by atoms with Gasteiger partial charge in [0.05, 0.1) is 9.95 Å². The maximum atomic E-state index is 11.7. The van der Waals surface area contributed by atoms with Gasteiger partial charge in [0.25, 0.3) is 5.91 Å². The van der Waals surface area contributed by atoms with E-state index in [9.17, 15) is 14.9 Å².